The molecule has 0 atom stereocenters. The highest BCUT2D eigenvalue weighted by molar-refractivity contribution is 6.01. The average Bonchev–Trinajstić information content (AvgIpc) is 2.87. The average molecular weight is 494 g/mol. The maximum atomic E-state index is 13.6. The molecule has 2 aliphatic heterocycles. The number of anilines is 2. The van der Waals surface area contributed by atoms with Crippen molar-refractivity contribution in [1.29, 1.82) is 0 Å². The van der Waals surface area contributed by atoms with Crippen LogP contribution in [0.4, 0.5) is 15.8 Å². The molecule has 3 fully saturated rings. The lowest BCUT2D eigenvalue weighted by Crippen LogP contribution is -2.49. The van der Waals surface area contributed by atoms with Crippen molar-refractivity contribution in [3.8, 4) is 0 Å². The van der Waals surface area contributed by atoms with Gasteiger partial charge < -0.3 is 25.3 Å². The molecule has 2 heterocycles. The van der Waals surface area contributed by atoms with Crippen molar-refractivity contribution >= 4 is 29.1 Å². The van der Waals surface area contributed by atoms with Gasteiger partial charge in [0.15, 0.2) is 0 Å². The Morgan fingerprint density at radius 3 is 2.14 bits per heavy atom. The van der Waals surface area contributed by atoms with Crippen molar-refractivity contribution in [1.82, 2.24) is 15.1 Å². The number of benzene rings is 2. The number of halogens is 1. The van der Waals surface area contributed by atoms with Gasteiger partial charge in [-0.3, -0.25) is 14.4 Å². The minimum Gasteiger partial charge on any atom is -0.366 e. The summed E-state index contributed by atoms with van der Waals surface area (Å²) in [6.45, 7) is 4.95. The SMILES string of the molecule is O=C(Nc1cc(C(=O)N2CCNCC2)ccc1N1CCN(C(=O)c2cccc(F)c2)CC1)C1CCC1. The fraction of sp³-hybridized carbons (Fsp3) is 0.444. The molecule has 9 heteroatoms. The largest absolute Gasteiger partial charge is 0.366 e. The van der Waals surface area contributed by atoms with Crippen molar-refractivity contribution in [2.24, 2.45) is 5.92 Å². The summed E-state index contributed by atoms with van der Waals surface area (Å²) in [5.41, 5.74) is 2.38. The van der Waals surface area contributed by atoms with Crippen LogP contribution < -0.4 is 15.5 Å². The third-order valence-corrected chi connectivity index (χ3v) is 7.36. The first kappa shape index (κ1) is 24.2. The van der Waals surface area contributed by atoms with E-state index in [9.17, 15) is 18.8 Å². The summed E-state index contributed by atoms with van der Waals surface area (Å²) >= 11 is 0. The predicted molar refractivity (Wildman–Crippen MR) is 136 cm³/mol. The summed E-state index contributed by atoms with van der Waals surface area (Å²) in [7, 11) is 0. The molecule has 0 bridgehead atoms. The number of piperazine rings is 2. The molecule has 1 aliphatic carbocycles. The summed E-state index contributed by atoms with van der Waals surface area (Å²) < 4.78 is 13.6. The molecule has 0 aromatic heterocycles. The van der Waals surface area contributed by atoms with Crippen molar-refractivity contribution in [3.63, 3.8) is 0 Å². The molecular formula is C27H32FN5O3. The normalized spacial score (nSPS) is 18.5. The van der Waals surface area contributed by atoms with E-state index in [0.29, 0.717) is 56.1 Å². The third kappa shape index (κ3) is 5.21. The lowest BCUT2D eigenvalue weighted by atomic mass is 9.85. The smallest absolute Gasteiger partial charge is 0.254 e. The third-order valence-electron chi connectivity index (χ3n) is 7.36. The molecule has 2 saturated heterocycles. The summed E-state index contributed by atoms with van der Waals surface area (Å²) in [6, 6.07) is 11.3. The number of hydrogen-bond acceptors (Lipinski definition) is 5. The maximum Gasteiger partial charge on any atom is 0.254 e. The number of carbonyl (C=O) groups is 3. The van der Waals surface area contributed by atoms with Gasteiger partial charge in [-0.2, -0.15) is 0 Å². The van der Waals surface area contributed by atoms with Gasteiger partial charge in [-0.05, 0) is 49.2 Å². The lowest BCUT2D eigenvalue weighted by Gasteiger charge is -2.37. The number of hydrogen-bond donors (Lipinski definition) is 2. The van der Waals surface area contributed by atoms with Crippen LogP contribution in [-0.4, -0.2) is 79.9 Å². The van der Waals surface area contributed by atoms with Crippen LogP contribution in [-0.2, 0) is 4.79 Å². The number of nitrogens with zero attached hydrogens (tertiary/aromatic N) is 3. The topological polar surface area (TPSA) is 85.0 Å². The fourth-order valence-electron chi connectivity index (χ4n) is 4.96. The molecule has 3 aliphatic rings. The quantitative estimate of drug-likeness (QED) is 0.669. The number of amides is 3. The molecule has 36 heavy (non-hydrogen) atoms. The summed E-state index contributed by atoms with van der Waals surface area (Å²) in [5.74, 6) is -0.639. The number of carbonyl (C=O) groups excluding carboxylic acids is 3. The van der Waals surface area contributed by atoms with Crippen LogP contribution in [0.1, 0.15) is 40.0 Å². The van der Waals surface area contributed by atoms with Crippen LogP contribution in [0, 0.1) is 11.7 Å². The van der Waals surface area contributed by atoms with E-state index in [1.807, 2.05) is 17.0 Å². The minimum atomic E-state index is -0.429. The molecule has 8 nitrogen and oxygen atoms in total. The van der Waals surface area contributed by atoms with Crippen LogP contribution >= 0.6 is 0 Å². The van der Waals surface area contributed by atoms with E-state index in [0.717, 1.165) is 38.0 Å². The summed E-state index contributed by atoms with van der Waals surface area (Å²) in [4.78, 5) is 44.4. The number of rotatable bonds is 5. The van der Waals surface area contributed by atoms with Crippen molar-refractivity contribution in [2.75, 3.05) is 62.6 Å². The first-order valence-corrected chi connectivity index (χ1v) is 12.7. The van der Waals surface area contributed by atoms with Gasteiger partial charge in [0.25, 0.3) is 11.8 Å². The Hall–Kier alpha value is -3.46. The van der Waals surface area contributed by atoms with E-state index in [2.05, 4.69) is 15.5 Å². The van der Waals surface area contributed by atoms with Gasteiger partial charge in [0.1, 0.15) is 5.82 Å². The minimum absolute atomic E-state index is 0.00538. The molecule has 0 unspecified atom stereocenters. The molecule has 190 valence electrons. The molecule has 0 spiro atoms. The van der Waals surface area contributed by atoms with E-state index in [4.69, 9.17) is 0 Å². The van der Waals surface area contributed by atoms with Gasteiger partial charge in [-0.1, -0.05) is 12.5 Å². The van der Waals surface area contributed by atoms with Crippen LogP contribution in [0.3, 0.4) is 0 Å². The lowest BCUT2D eigenvalue weighted by molar-refractivity contribution is -0.122. The second-order valence-electron chi connectivity index (χ2n) is 9.68. The summed E-state index contributed by atoms with van der Waals surface area (Å²) in [5, 5.41) is 6.34. The Bertz CT molecular complexity index is 1140. The van der Waals surface area contributed by atoms with Gasteiger partial charge in [-0.15, -0.1) is 0 Å². The zero-order chi connectivity index (χ0) is 25.1. The molecule has 2 N–H and O–H groups in total. The Morgan fingerprint density at radius 1 is 0.833 bits per heavy atom. The molecule has 1 saturated carbocycles. The van der Waals surface area contributed by atoms with E-state index in [1.165, 1.54) is 12.1 Å². The van der Waals surface area contributed by atoms with Gasteiger partial charge in [0.2, 0.25) is 5.91 Å². The van der Waals surface area contributed by atoms with E-state index < -0.39 is 5.82 Å². The first-order valence-electron chi connectivity index (χ1n) is 12.7. The van der Waals surface area contributed by atoms with Gasteiger partial charge >= 0.3 is 0 Å². The van der Waals surface area contributed by atoms with Crippen LogP contribution in [0.5, 0.6) is 0 Å². The molecule has 3 amide bonds. The van der Waals surface area contributed by atoms with Crippen LogP contribution in [0.2, 0.25) is 0 Å². The molecule has 2 aromatic rings. The van der Waals surface area contributed by atoms with E-state index in [1.54, 1.807) is 23.1 Å². The van der Waals surface area contributed by atoms with Crippen molar-refractivity contribution in [3.05, 3.63) is 59.4 Å². The van der Waals surface area contributed by atoms with Gasteiger partial charge in [-0.25, -0.2) is 4.39 Å². The molecule has 5 rings (SSSR count). The fourth-order valence-corrected chi connectivity index (χ4v) is 4.96. The Kier molecular flexibility index (Phi) is 7.18. The van der Waals surface area contributed by atoms with Crippen molar-refractivity contribution < 1.29 is 18.8 Å². The van der Waals surface area contributed by atoms with Gasteiger partial charge in [0.05, 0.1) is 11.4 Å². The molecular weight excluding hydrogens is 461 g/mol. The predicted octanol–water partition coefficient (Wildman–Crippen LogP) is 2.57. The number of nitrogens with one attached hydrogen (secondary N) is 2. The first-order chi connectivity index (χ1) is 17.5. The van der Waals surface area contributed by atoms with Crippen molar-refractivity contribution in [2.45, 2.75) is 19.3 Å². The maximum absolute atomic E-state index is 13.6. The zero-order valence-electron chi connectivity index (χ0n) is 20.3. The molecule has 2 aromatic carbocycles. The Morgan fingerprint density at radius 2 is 1.50 bits per heavy atom. The standard InChI is InChI=1S/C27H32FN5O3/c28-22-6-2-5-20(17-22)26(35)33-15-13-31(14-16-33)24-8-7-21(27(36)32-11-9-29-10-12-32)18-23(24)30-25(34)19-3-1-4-19/h2,5-8,17-19,29H,1,3-4,9-16H2,(H,30,34). The van der Waals surface area contributed by atoms with Crippen LogP contribution in [0.15, 0.2) is 42.5 Å². The van der Waals surface area contributed by atoms with Gasteiger partial charge in [0, 0.05) is 69.4 Å². The van der Waals surface area contributed by atoms with E-state index >= 15 is 0 Å². The highest BCUT2D eigenvalue weighted by Crippen LogP contribution is 2.32. The second-order valence-corrected chi connectivity index (χ2v) is 9.68. The monoisotopic (exact) mass is 493 g/mol. The molecule has 0 radical (unpaired) electrons. The summed E-state index contributed by atoms with van der Waals surface area (Å²) in [6.07, 6.45) is 2.84. The Balaban J connectivity index is 1.32. The highest BCUT2D eigenvalue weighted by Gasteiger charge is 2.29. The van der Waals surface area contributed by atoms with E-state index in [-0.39, 0.29) is 23.6 Å². The van der Waals surface area contributed by atoms with Crippen LogP contribution in [0.25, 0.3) is 0 Å². The zero-order valence-corrected chi connectivity index (χ0v) is 20.3. The Labute approximate surface area is 210 Å². The highest BCUT2D eigenvalue weighted by atomic mass is 19.1. The second kappa shape index (κ2) is 10.7.